The first-order valence-corrected chi connectivity index (χ1v) is 7.27. The normalized spacial score (nSPS) is 10.1. The van der Waals surface area contributed by atoms with Crippen LogP contribution in [0.1, 0.15) is 10.4 Å². The molecule has 0 unspecified atom stereocenters. The van der Waals surface area contributed by atoms with Crippen LogP contribution in [-0.4, -0.2) is 11.0 Å². The summed E-state index contributed by atoms with van der Waals surface area (Å²) >= 11 is 4.30. The number of aromatic hydroxyl groups is 1. The number of amides is 1. The average Bonchev–Trinajstić information content (AvgIpc) is 2.35. The molecule has 0 heterocycles. The van der Waals surface area contributed by atoms with Crippen LogP contribution in [0, 0.1) is 7.14 Å². The van der Waals surface area contributed by atoms with E-state index in [4.69, 9.17) is 0 Å². The lowest BCUT2D eigenvalue weighted by Gasteiger charge is -2.07. The molecule has 0 aliphatic rings. The van der Waals surface area contributed by atoms with Gasteiger partial charge in [0.25, 0.3) is 5.91 Å². The Morgan fingerprint density at radius 2 is 1.61 bits per heavy atom. The zero-order chi connectivity index (χ0) is 13.1. The molecule has 0 spiro atoms. The van der Waals surface area contributed by atoms with Crippen LogP contribution in [0.4, 0.5) is 5.69 Å². The quantitative estimate of drug-likeness (QED) is 0.663. The number of nitrogens with one attached hydrogen (secondary N) is 1. The highest BCUT2D eigenvalue weighted by Crippen LogP contribution is 2.21. The van der Waals surface area contributed by atoms with Crippen molar-refractivity contribution in [3.63, 3.8) is 0 Å². The molecule has 0 fully saturated rings. The molecular weight excluding hydrogens is 456 g/mol. The summed E-state index contributed by atoms with van der Waals surface area (Å²) < 4.78 is 2.00. The van der Waals surface area contributed by atoms with Crippen molar-refractivity contribution < 1.29 is 9.90 Å². The summed E-state index contributed by atoms with van der Waals surface area (Å²) in [6.07, 6.45) is 0. The minimum atomic E-state index is -0.313. The van der Waals surface area contributed by atoms with E-state index in [9.17, 15) is 9.90 Å². The summed E-state index contributed by atoms with van der Waals surface area (Å²) in [5.41, 5.74) is 0.985. The number of anilines is 1. The van der Waals surface area contributed by atoms with Crippen molar-refractivity contribution in [1.29, 1.82) is 0 Å². The van der Waals surface area contributed by atoms with Crippen LogP contribution in [0.2, 0.25) is 0 Å². The molecule has 0 aliphatic carbocycles. The predicted molar refractivity (Wildman–Crippen MR) is 87.9 cm³/mol. The molecule has 0 aliphatic heterocycles. The van der Waals surface area contributed by atoms with E-state index in [-0.39, 0.29) is 17.2 Å². The average molecular weight is 465 g/mol. The van der Waals surface area contributed by atoms with E-state index in [1.54, 1.807) is 12.1 Å². The Labute approximate surface area is 132 Å². The van der Waals surface area contributed by atoms with E-state index in [1.165, 1.54) is 6.07 Å². The second kappa shape index (κ2) is 5.87. The van der Waals surface area contributed by atoms with Crippen molar-refractivity contribution in [3.8, 4) is 5.75 Å². The predicted octanol–water partition coefficient (Wildman–Crippen LogP) is 3.85. The topological polar surface area (TPSA) is 49.3 Å². The second-order valence-corrected chi connectivity index (χ2v) is 6.11. The number of halogens is 2. The Kier molecular flexibility index (Phi) is 4.44. The van der Waals surface area contributed by atoms with Crippen LogP contribution < -0.4 is 5.32 Å². The fourth-order valence-corrected chi connectivity index (χ4v) is 2.27. The van der Waals surface area contributed by atoms with E-state index in [2.05, 4.69) is 50.5 Å². The van der Waals surface area contributed by atoms with Gasteiger partial charge in [-0.1, -0.05) is 0 Å². The Balaban J connectivity index is 2.21. The third kappa shape index (κ3) is 3.35. The van der Waals surface area contributed by atoms with E-state index in [0.717, 1.165) is 7.14 Å². The van der Waals surface area contributed by atoms with Crippen LogP contribution in [0.5, 0.6) is 5.75 Å². The van der Waals surface area contributed by atoms with Crippen molar-refractivity contribution >= 4 is 56.8 Å². The van der Waals surface area contributed by atoms with Crippen LogP contribution in [0.25, 0.3) is 0 Å². The Morgan fingerprint density at radius 1 is 1.00 bits per heavy atom. The maximum Gasteiger partial charge on any atom is 0.259 e. The first-order chi connectivity index (χ1) is 8.56. The van der Waals surface area contributed by atoms with Gasteiger partial charge in [0, 0.05) is 12.8 Å². The number of hydrogen-bond acceptors (Lipinski definition) is 2. The molecular formula is C13H9I2NO2. The van der Waals surface area contributed by atoms with Gasteiger partial charge in [-0.15, -0.1) is 0 Å². The van der Waals surface area contributed by atoms with Crippen molar-refractivity contribution in [3.05, 3.63) is 55.2 Å². The van der Waals surface area contributed by atoms with Gasteiger partial charge < -0.3 is 10.4 Å². The first kappa shape index (κ1) is 13.6. The number of rotatable bonds is 2. The molecule has 2 N–H and O–H groups in total. The zero-order valence-corrected chi connectivity index (χ0v) is 13.5. The van der Waals surface area contributed by atoms with Gasteiger partial charge in [-0.2, -0.15) is 0 Å². The monoisotopic (exact) mass is 465 g/mol. The highest BCUT2D eigenvalue weighted by molar-refractivity contribution is 14.1. The van der Waals surface area contributed by atoms with Gasteiger partial charge in [-0.3, -0.25) is 4.79 Å². The molecule has 2 rings (SSSR count). The number of hydrogen-bond donors (Lipinski definition) is 2. The molecule has 0 aromatic heterocycles. The van der Waals surface area contributed by atoms with Gasteiger partial charge in [0.15, 0.2) is 0 Å². The second-order valence-electron chi connectivity index (χ2n) is 3.62. The van der Waals surface area contributed by atoms with Crippen molar-refractivity contribution in [1.82, 2.24) is 0 Å². The van der Waals surface area contributed by atoms with E-state index in [0.29, 0.717) is 5.69 Å². The van der Waals surface area contributed by atoms with Crippen molar-refractivity contribution in [2.75, 3.05) is 5.32 Å². The molecule has 0 bridgehead atoms. The van der Waals surface area contributed by atoms with Crippen molar-refractivity contribution in [2.24, 2.45) is 0 Å². The fraction of sp³-hybridized carbons (Fsp3) is 0. The number of carbonyl (C=O) groups excluding carboxylic acids is 1. The van der Waals surface area contributed by atoms with Gasteiger partial charge in [-0.25, -0.2) is 0 Å². The molecule has 0 saturated heterocycles. The van der Waals surface area contributed by atoms with Gasteiger partial charge in [0.2, 0.25) is 0 Å². The lowest BCUT2D eigenvalue weighted by molar-refractivity contribution is 0.102. The summed E-state index contributed by atoms with van der Waals surface area (Å²) in [6, 6.07) is 12.4. The fourth-order valence-electron chi connectivity index (χ4n) is 1.42. The number of benzene rings is 2. The molecule has 18 heavy (non-hydrogen) atoms. The summed E-state index contributed by atoms with van der Waals surface area (Å²) in [4.78, 5) is 12.0. The highest BCUT2D eigenvalue weighted by Gasteiger charge is 2.11. The number of phenolic OH excluding ortho intramolecular Hbond substituents is 1. The highest BCUT2D eigenvalue weighted by atomic mass is 127. The van der Waals surface area contributed by atoms with Gasteiger partial charge in [0.1, 0.15) is 5.75 Å². The minimum Gasteiger partial charge on any atom is -0.507 e. The van der Waals surface area contributed by atoms with Crippen LogP contribution in [-0.2, 0) is 0 Å². The van der Waals surface area contributed by atoms with E-state index >= 15 is 0 Å². The molecule has 2 aromatic rings. The largest absolute Gasteiger partial charge is 0.507 e. The zero-order valence-electron chi connectivity index (χ0n) is 9.15. The standard InChI is InChI=1S/C13H9I2NO2/c14-8-1-4-10(5-2-8)16-13(18)11-7-9(15)3-6-12(11)17/h1-7,17H,(H,16,18). The Hall–Kier alpha value is -0.830. The summed E-state index contributed by atoms with van der Waals surface area (Å²) in [7, 11) is 0. The van der Waals surface area contributed by atoms with Gasteiger partial charge >= 0.3 is 0 Å². The molecule has 1 amide bonds. The maximum absolute atomic E-state index is 12.0. The Bertz CT molecular complexity index is 582. The smallest absolute Gasteiger partial charge is 0.259 e. The molecule has 0 saturated carbocycles. The lowest BCUT2D eigenvalue weighted by Crippen LogP contribution is -2.12. The Morgan fingerprint density at radius 3 is 2.28 bits per heavy atom. The molecule has 92 valence electrons. The lowest BCUT2D eigenvalue weighted by atomic mass is 10.2. The molecule has 3 nitrogen and oxygen atoms in total. The molecule has 2 aromatic carbocycles. The van der Waals surface area contributed by atoms with E-state index in [1.807, 2.05) is 24.3 Å². The molecule has 5 heteroatoms. The number of phenols is 1. The summed E-state index contributed by atoms with van der Waals surface area (Å²) in [6.45, 7) is 0. The van der Waals surface area contributed by atoms with Gasteiger partial charge in [-0.05, 0) is 87.6 Å². The molecule has 0 atom stereocenters. The third-order valence-corrected chi connectivity index (χ3v) is 3.70. The SMILES string of the molecule is O=C(Nc1ccc(I)cc1)c1cc(I)ccc1O. The van der Waals surface area contributed by atoms with Gasteiger partial charge in [0.05, 0.1) is 5.56 Å². The van der Waals surface area contributed by atoms with E-state index < -0.39 is 0 Å². The van der Waals surface area contributed by atoms with Crippen LogP contribution >= 0.6 is 45.2 Å². The molecule has 0 radical (unpaired) electrons. The first-order valence-electron chi connectivity index (χ1n) is 5.12. The summed E-state index contributed by atoms with van der Waals surface area (Å²) in [5, 5.41) is 12.4. The summed E-state index contributed by atoms with van der Waals surface area (Å²) in [5.74, 6) is -0.328. The maximum atomic E-state index is 12.0. The minimum absolute atomic E-state index is 0.0153. The number of carbonyl (C=O) groups is 1. The van der Waals surface area contributed by atoms with Crippen molar-refractivity contribution in [2.45, 2.75) is 0 Å². The third-order valence-electron chi connectivity index (χ3n) is 2.31. The van der Waals surface area contributed by atoms with Crippen LogP contribution in [0.3, 0.4) is 0 Å². The van der Waals surface area contributed by atoms with Crippen LogP contribution in [0.15, 0.2) is 42.5 Å².